The summed E-state index contributed by atoms with van der Waals surface area (Å²) in [6.45, 7) is 2.01. The number of hydrogen-bond donors (Lipinski definition) is 0. The number of rotatable bonds is 3. The Bertz CT molecular complexity index is 928. The molecule has 3 rings (SSSR count). The zero-order chi connectivity index (χ0) is 16.7. The molecule has 2 aromatic carbocycles. The van der Waals surface area contributed by atoms with Crippen LogP contribution in [0.15, 0.2) is 30.3 Å². The zero-order valence-corrected chi connectivity index (χ0v) is 14.9. The van der Waals surface area contributed by atoms with Crippen molar-refractivity contribution in [3.8, 4) is 0 Å². The summed E-state index contributed by atoms with van der Waals surface area (Å²) in [6.07, 6.45) is 1.27. The summed E-state index contributed by atoms with van der Waals surface area (Å²) in [5, 5.41) is 2.67. The Morgan fingerprint density at radius 2 is 1.83 bits per heavy atom. The largest absolute Gasteiger partial charge is 0.347 e. The van der Waals surface area contributed by atoms with Crippen molar-refractivity contribution in [1.82, 2.24) is 4.57 Å². The average molecular weight is 367 g/mol. The Morgan fingerprint density at radius 3 is 2.52 bits per heavy atom. The Morgan fingerprint density at radius 1 is 1.09 bits per heavy atom. The van der Waals surface area contributed by atoms with Crippen LogP contribution in [0.25, 0.3) is 10.9 Å². The Kier molecular flexibility index (Phi) is 4.41. The summed E-state index contributed by atoms with van der Waals surface area (Å²) in [5.41, 5.74) is 4.38. The summed E-state index contributed by atoms with van der Waals surface area (Å²) < 4.78 is 2.08. The molecule has 0 spiro atoms. The first-order chi connectivity index (χ1) is 10.9. The third-order valence-corrected chi connectivity index (χ3v) is 5.17. The van der Waals surface area contributed by atoms with Crippen molar-refractivity contribution in [3.05, 3.63) is 67.8 Å². The number of benzene rings is 2. The number of hydrogen-bond acceptors (Lipinski definition) is 1. The van der Waals surface area contributed by atoms with Crippen molar-refractivity contribution < 1.29 is 4.79 Å². The molecule has 1 aromatic heterocycles. The standard InChI is InChI=1S/C18H14Cl3NO/c1-10-5-16(20)13-7-12(22(2)17(13)6-10)8-14-15(19)4-3-11(9-23)18(14)21/h3-7,9H,8H2,1-2H3. The van der Waals surface area contributed by atoms with Crippen LogP contribution < -0.4 is 0 Å². The van der Waals surface area contributed by atoms with E-state index in [1.54, 1.807) is 12.1 Å². The van der Waals surface area contributed by atoms with E-state index in [0.717, 1.165) is 39.0 Å². The second kappa shape index (κ2) is 6.20. The van der Waals surface area contributed by atoms with E-state index in [2.05, 4.69) is 10.6 Å². The highest BCUT2D eigenvalue weighted by Crippen LogP contribution is 2.33. The van der Waals surface area contributed by atoms with Crippen molar-refractivity contribution >= 4 is 52.0 Å². The molecule has 5 heteroatoms. The van der Waals surface area contributed by atoms with Crippen LogP contribution in [0.2, 0.25) is 15.1 Å². The summed E-state index contributed by atoms with van der Waals surface area (Å²) in [6, 6.07) is 9.41. The first kappa shape index (κ1) is 16.4. The molecule has 0 atom stereocenters. The summed E-state index contributed by atoms with van der Waals surface area (Å²) in [7, 11) is 1.98. The molecule has 118 valence electrons. The van der Waals surface area contributed by atoms with Crippen LogP contribution in [0, 0.1) is 6.92 Å². The van der Waals surface area contributed by atoms with Crippen molar-refractivity contribution in [1.29, 1.82) is 0 Å². The van der Waals surface area contributed by atoms with Gasteiger partial charge < -0.3 is 4.57 Å². The van der Waals surface area contributed by atoms with E-state index in [4.69, 9.17) is 34.8 Å². The molecule has 0 saturated carbocycles. The molecule has 0 aliphatic carbocycles. The maximum absolute atomic E-state index is 11.1. The summed E-state index contributed by atoms with van der Waals surface area (Å²) >= 11 is 18.9. The number of nitrogens with zero attached hydrogens (tertiary/aromatic N) is 1. The quantitative estimate of drug-likeness (QED) is 0.533. The second-order valence-electron chi connectivity index (χ2n) is 5.60. The van der Waals surface area contributed by atoms with E-state index in [-0.39, 0.29) is 0 Å². The van der Waals surface area contributed by atoms with Gasteiger partial charge in [-0.15, -0.1) is 0 Å². The fraction of sp³-hybridized carbons (Fsp3) is 0.167. The normalized spacial score (nSPS) is 11.2. The van der Waals surface area contributed by atoms with Crippen molar-refractivity contribution in [2.24, 2.45) is 7.05 Å². The molecule has 0 amide bonds. The lowest BCUT2D eigenvalue weighted by Crippen LogP contribution is -2.00. The van der Waals surface area contributed by atoms with Crippen LogP contribution in [-0.2, 0) is 13.5 Å². The molecule has 0 saturated heterocycles. The molecule has 23 heavy (non-hydrogen) atoms. The highest BCUT2D eigenvalue weighted by Gasteiger charge is 2.15. The number of aldehydes is 1. The van der Waals surface area contributed by atoms with Crippen molar-refractivity contribution in [2.45, 2.75) is 13.3 Å². The number of aryl methyl sites for hydroxylation is 2. The van der Waals surface area contributed by atoms with Gasteiger partial charge in [-0.05, 0) is 48.4 Å². The van der Waals surface area contributed by atoms with Crippen molar-refractivity contribution in [2.75, 3.05) is 0 Å². The Hall–Kier alpha value is -1.48. The molecule has 0 bridgehead atoms. The minimum absolute atomic E-state index is 0.403. The van der Waals surface area contributed by atoms with Crippen LogP contribution in [0.5, 0.6) is 0 Å². The van der Waals surface area contributed by atoms with Gasteiger partial charge >= 0.3 is 0 Å². The van der Waals surface area contributed by atoms with Gasteiger partial charge in [0.1, 0.15) is 0 Å². The van der Waals surface area contributed by atoms with Crippen molar-refractivity contribution in [3.63, 3.8) is 0 Å². The minimum atomic E-state index is 0.403. The predicted molar refractivity (Wildman–Crippen MR) is 97.3 cm³/mol. The molecule has 3 aromatic rings. The van der Waals surface area contributed by atoms with Gasteiger partial charge in [-0.1, -0.05) is 34.8 Å². The molecule has 0 fully saturated rings. The average Bonchev–Trinajstić information content (AvgIpc) is 2.81. The fourth-order valence-corrected chi connectivity index (χ4v) is 3.67. The van der Waals surface area contributed by atoms with E-state index in [0.29, 0.717) is 22.0 Å². The van der Waals surface area contributed by atoms with E-state index >= 15 is 0 Å². The Labute approximate surface area is 149 Å². The Balaban J connectivity index is 2.15. The molecule has 0 unspecified atom stereocenters. The minimum Gasteiger partial charge on any atom is -0.347 e. The monoisotopic (exact) mass is 365 g/mol. The smallest absolute Gasteiger partial charge is 0.151 e. The van der Waals surface area contributed by atoms with Gasteiger partial charge in [-0.2, -0.15) is 0 Å². The molecule has 2 nitrogen and oxygen atoms in total. The predicted octanol–water partition coefficient (Wildman–Crippen LogP) is 5.85. The zero-order valence-electron chi connectivity index (χ0n) is 12.7. The highest BCUT2D eigenvalue weighted by atomic mass is 35.5. The maximum Gasteiger partial charge on any atom is 0.151 e. The maximum atomic E-state index is 11.1. The van der Waals surface area contributed by atoms with Crippen LogP contribution in [0.3, 0.4) is 0 Å². The fourth-order valence-electron chi connectivity index (χ4n) is 2.79. The molecular weight excluding hydrogens is 353 g/mol. The number of carbonyl (C=O) groups is 1. The summed E-state index contributed by atoms with van der Waals surface area (Å²) in [4.78, 5) is 11.1. The lowest BCUT2D eigenvalue weighted by atomic mass is 10.1. The van der Waals surface area contributed by atoms with E-state index in [1.165, 1.54) is 0 Å². The summed E-state index contributed by atoms with van der Waals surface area (Å²) in [5.74, 6) is 0. The third-order valence-electron chi connectivity index (χ3n) is 4.06. The molecule has 0 radical (unpaired) electrons. The van der Waals surface area contributed by atoms with Gasteiger partial charge in [0.05, 0.1) is 10.0 Å². The van der Waals surface area contributed by atoms with Crippen LogP contribution in [0.4, 0.5) is 0 Å². The second-order valence-corrected chi connectivity index (χ2v) is 6.79. The topological polar surface area (TPSA) is 22.0 Å². The van der Waals surface area contributed by atoms with Crippen LogP contribution in [0.1, 0.15) is 27.2 Å². The van der Waals surface area contributed by atoms with Gasteiger partial charge in [-0.3, -0.25) is 4.79 Å². The first-order valence-corrected chi connectivity index (χ1v) is 8.22. The molecule has 0 aliphatic heterocycles. The van der Waals surface area contributed by atoms with E-state index < -0.39 is 0 Å². The van der Waals surface area contributed by atoms with Gasteiger partial charge in [0.2, 0.25) is 0 Å². The third kappa shape index (κ3) is 2.87. The van der Waals surface area contributed by atoms with E-state index in [9.17, 15) is 4.79 Å². The number of aromatic nitrogens is 1. The van der Waals surface area contributed by atoms with Crippen LogP contribution >= 0.6 is 34.8 Å². The number of halogens is 3. The molecule has 1 heterocycles. The number of carbonyl (C=O) groups excluding carboxylic acids is 1. The lowest BCUT2D eigenvalue weighted by Gasteiger charge is -2.10. The van der Waals surface area contributed by atoms with Gasteiger partial charge in [0.25, 0.3) is 0 Å². The lowest BCUT2D eigenvalue weighted by molar-refractivity contribution is 0.112. The SMILES string of the molecule is Cc1cc(Cl)c2cc(Cc3c(Cl)ccc(C=O)c3Cl)n(C)c2c1. The van der Waals surface area contributed by atoms with Crippen LogP contribution in [-0.4, -0.2) is 10.9 Å². The molecule has 0 aliphatic rings. The number of fused-ring (bicyclic) bond motifs is 1. The van der Waals surface area contributed by atoms with Gasteiger partial charge in [-0.25, -0.2) is 0 Å². The van der Waals surface area contributed by atoms with Gasteiger partial charge in [0, 0.05) is 40.7 Å². The first-order valence-electron chi connectivity index (χ1n) is 7.09. The van der Waals surface area contributed by atoms with E-state index in [1.807, 2.05) is 26.1 Å². The molecule has 0 N–H and O–H groups in total. The highest BCUT2D eigenvalue weighted by molar-refractivity contribution is 6.37. The molecular formula is C18H14Cl3NO. The van der Waals surface area contributed by atoms with Gasteiger partial charge in [0.15, 0.2) is 6.29 Å².